The molecule has 0 radical (unpaired) electrons. The number of benzene rings is 2. The minimum atomic E-state index is -0.856. The second-order valence-electron chi connectivity index (χ2n) is 10.2. The van der Waals surface area contributed by atoms with Crippen molar-refractivity contribution in [2.75, 3.05) is 23.7 Å². The van der Waals surface area contributed by atoms with Crippen LogP contribution in [0.2, 0.25) is 0 Å². The van der Waals surface area contributed by atoms with Crippen LogP contribution in [0.25, 0.3) is 0 Å². The first-order valence-electron chi connectivity index (χ1n) is 14.3. The van der Waals surface area contributed by atoms with Gasteiger partial charge in [-0.15, -0.1) is 0 Å². The van der Waals surface area contributed by atoms with E-state index in [0.29, 0.717) is 24.5 Å². The molecule has 0 saturated carbocycles. The summed E-state index contributed by atoms with van der Waals surface area (Å²) in [6.45, 7) is 5.44. The zero-order valence-electron chi connectivity index (χ0n) is 23.1. The molecular weight excluding hydrogens is 498 g/mol. The molecule has 0 atom stereocenters. The first kappa shape index (κ1) is 29.9. The molecule has 0 bridgehead atoms. The molecule has 9 nitrogen and oxygen atoms in total. The number of nitro benzene ring substituents is 1. The molecule has 39 heavy (non-hydrogen) atoms. The van der Waals surface area contributed by atoms with Gasteiger partial charge in [-0.1, -0.05) is 78.1 Å². The minimum absolute atomic E-state index is 0.0723. The molecule has 1 aliphatic rings. The third-order valence-electron chi connectivity index (χ3n) is 7.26. The van der Waals surface area contributed by atoms with Gasteiger partial charge in [0.2, 0.25) is 11.6 Å². The van der Waals surface area contributed by atoms with Gasteiger partial charge >= 0.3 is 0 Å². The van der Waals surface area contributed by atoms with Gasteiger partial charge < -0.3 is 20.8 Å². The Balaban J connectivity index is 1.92. The monoisotopic (exact) mass is 539 g/mol. The fourth-order valence-corrected chi connectivity index (χ4v) is 5.10. The van der Waals surface area contributed by atoms with Crippen molar-refractivity contribution in [2.24, 2.45) is 0 Å². The molecule has 0 unspecified atom stereocenters. The largest absolute Gasteiger partial charge is 0.507 e. The number of unbranched alkanes of at least 4 members (excludes halogenated alkanes) is 10. The normalized spacial score (nSPS) is 12.3. The summed E-state index contributed by atoms with van der Waals surface area (Å²) < 4.78 is 0. The van der Waals surface area contributed by atoms with Crippen molar-refractivity contribution < 1.29 is 24.7 Å². The van der Waals surface area contributed by atoms with E-state index in [9.17, 15) is 29.9 Å². The lowest BCUT2D eigenvalue weighted by molar-refractivity contribution is -0.385. The Kier molecular flexibility index (Phi) is 11.1. The van der Waals surface area contributed by atoms with Crippen molar-refractivity contribution >= 4 is 28.6 Å². The number of carbonyl (C=O) groups excluding carboxylic acids is 2. The fourth-order valence-electron chi connectivity index (χ4n) is 5.10. The molecule has 0 fully saturated rings. The highest BCUT2D eigenvalue weighted by molar-refractivity contribution is 6.33. The Hall–Kier alpha value is -3.62. The topological polar surface area (TPSA) is 142 Å². The Labute approximate surface area is 230 Å². The van der Waals surface area contributed by atoms with E-state index in [4.69, 9.17) is 0 Å². The SMILES string of the molecule is CCCCCCCCNc1cc(NCCCCCCCC)c2c(c1O)C(=O)c1c([N+](=O)[O-])ccc(O)c1C2=O. The number of nitro groups is 1. The number of hydrogen-bond acceptors (Lipinski definition) is 8. The number of ketones is 2. The molecule has 212 valence electrons. The summed E-state index contributed by atoms with van der Waals surface area (Å²) in [5, 5.41) is 39.7. The lowest BCUT2D eigenvalue weighted by Gasteiger charge is -2.24. The third-order valence-corrected chi connectivity index (χ3v) is 7.26. The molecule has 4 N–H and O–H groups in total. The number of fused-ring (bicyclic) bond motifs is 2. The van der Waals surface area contributed by atoms with Gasteiger partial charge in [0.1, 0.15) is 11.3 Å². The molecule has 0 heterocycles. The fraction of sp³-hybridized carbons (Fsp3) is 0.533. The molecule has 0 spiro atoms. The summed E-state index contributed by atoms with van der Waals surface area (Å²) in [4.78, 5) is 38.2. The number of phenols is 2. The standard InChI is InChI=1S/C30H41N3O6/c1-3-5-7-9-11-13-17-31-20-19-21(32-18-14-12-10-8-6-4-2)28(35)27-24(20)29(36)26-23(34)16-15-22(33(38)39)25(26)30(27)37/h15-16,19,31-32,34-35H,3-14,17-18H2,1-2H3. The Bertz CT molecular complexity index is 1190. The molecule has 0 aliphatic heterocycles. The number of rotatable bonds is 17. The van der Waals surface area contributed by atoms with E-state index in [-0.39, 0.29) is 11.1 Å². The highest BCUT2D eigenvalue weighted by atomic mass is 16.6. The maximum atomic E-state index is 13.6. The molecular formula is C30H41N3O6. The van der Waals surface area contributed by atoms with Crippen LogP contribution in [0.15, 0.2) is 18.2 Å². The highest BCUT2D eigenvalue weighted by Gasteiger charge is 2.41. The number of aromatic hydroxyl groups is 2. The second kappa shape index (κ2) is 14.5. The van der Waals surface area contributed by atoms with Crippen LogP contribution < -0.4 is 10.6 Å². The predicted octanol–water partition coefficient (Wildman–Crippen LogP) is 7.33. The summed E-state index contributed by atoms with van der Waals surface area (Å²) in [6, 6.07) is 3.67. The van der Waals surface area contributed by atoms with Crippen molar-refractivity contribution in [2.45, 2.75) is 90.9 Å². The van der Waals surface area contributed by atoms with E-state index in [2.05, 4.69) is 24.5 Å². The Morgan fingerprint density at radius 1 is 0.692 bits per heavy atom. The van der Waals surface area contributed by atoms with E-state index in [1.165, 1.54) is 32.1 Å². The lowest BCUT2D eigenvalue weighted by atomic mass is 9.81. The van der Waals surface area contributed by atoms with Gasteiger partial charge in [0, 0.05) is 24.8 Å². The van der Waals surface area contributed by atoms with Gasteiger partial charge in [-0.25, -0.2) is 0 Å². The van der Waals surface area contributed by atoms with Crippen LogP contribution in [0.3, 0.4) is 0 Å². The first-order valence-corrected chi connectivity index (χ1v) is 14.3. The van der Waals surface area contributed by atoms with Gasteiger partial charge in [-0.2, -0.15) is 0 Å². The summed E-state index contributed by atoms with van der Waals surface area (Å²) in [5.41, 5.74) is -1.19. The predicted molar refractivity (Wildman–Crippen MR) is 153 cm³/mol. The van der Waals surface area contributed by atoms with Gasteiger partial charge in [0.05, 0.1) is 27.3 Å². The van der Waals surface area contributed by atoms with Crippen LogP contribution >= 0.6 is 0 Å². The number of anilines is 2. The van der Waals surface area contributed by atoms with E-state index in [1.807, 2.05) is 0 Å². The Morgan fingerprint density at radius 2 is 1.21 bits per heavy atom. The van der Waals surface area contributed by atoms with Crippen LogP contribution in [-0.4, -0.2) is 39.8 Å². The van der Waals surface area contributed by atoms with Crippen molar-refractivity contribution in [1.82, 2.24) is 0 Å². The maximum Gasteiger partial charge on any atom is 0.281 e. The Morgan fingerprint density at radius 3 is 1.77 bits per heavy atom. The molecule has 1 aliphatic carbocycles. The second-order valence-corrected chi connectivity index (χ2v) is 10.2. The number of hydrogen-bond donors (Lipinski definition) is 4. The highest BCUT2D eigenvalue weighted by Crippen LogP contribution is 2.45. The van der Waals surface area contributed by atoms with E-state index in [0.717, 1.165) is 57.1 Å². The summed E-state index contributed by atoms with van der Waals surface area (Å²) in [5.74, 6) is -2.51. The number of nitrogens with one attached hydrogen (secondary N) is 2. The summed E-state index contributed by atoms with van der Waals surface area (Å²) in [6.07, 6.45) is 13.1. The van der Waals surface area contributed by atoms with Gasteiger partial charge in [0.15, 0.2) is 5.75 Å². The van der Waals surface area contributed by atoms with Crippen LogP contribution in [0, 0.1) is 10.1 Å². The van der Waals surface area contributed by atoms with Crippen molar-refractivity contribution in [3.63, 3.8) is 0 Å². The number of carbonyl (C=O) groups is 2. The van der Waals surface area contributed by atoms with Gasteiger partial charge in [0.25, 0.3) is 5.69 Å². The van der Waals surface area contributed by atoms with Crippen molar-refractivity contribution in [3.05, 3.63) is 50.6 Å². The van der Waals surface area contributed by atoms with Crippen molar-refractivity contribution in [3.8, 4) is 11.5 Å². The molecule has 9 heteroatoms. The van der Waals surface area contributed by atoms with Crippen molar-refractivity contribution in [1.29, 1.82) is 0 Å². The van der Waals surface area contributed by atoms with Crippen LogP contribution in [0.5, 0.6) is 11.5 Å². The molecule has 3 rings (SSSR count). The van der Waals surface area contributed by atoms with E-state index in [1.54, 1.807) is 6.07 Å². The summed E-state index contributed by atoms with van der Waals surface area (Å²) in [7, 11) is 0. The minimum Gasteiger partial charge on any atom is -0.507 e. The van der Waals surface area contributed by atoms with Gasteiger partial charge in [-0.05, 0) is 25.0 Å². The van der Waals surface area contributed by atoms with Crippen LogP contribution in [0.4, 0.5) is 17.1 Å². The molecule has 0 saturated heterocycles. The molecule has 0 amide bonds. The molecule has 2 aromatic rings. The molecule has 2 aromatic carbocycles. The van der Waals surface area contributed by atoms with Crippen LogP contribution in [-0.2, 0) is 0 Å². The lowest BCUT2D eigenvalue weighted by Crippen LogP contribution is -2.25. The maximum absolute atomic E-state index is 13.6. The first-order chi connectivity index (χ1) is 18.8. The summed E-state index contributed by atoms with van der Waals surface area (Å²) >= 11 is 0. The number of nitrogens with zero attached hydrogens (tertiary/aromatic N) is 1. The number of phenolic OH excluding ortho intramolecular Hbond substituents is 2. The third kappa shape index (κ3) is 7.07. The average molecular weight is 540 g/mol. The smallest absolute Gasteiger partial charge is 0.281 e. The average Bonchev–Trinajstić information content (AvgIpc) is 2.91. The zero-order valence-corrected chi connectivity index (χ0v) is 23.1. The van der Waals surface area contributed by atoms with Gasteiger partial charge in [-0.3, -0.25) is 19.7 Å². The van der Waals surface area contributed by atoms with E-state index < -0.39 is 44.8 Å². The van der Waals surface area contributed by atoms with Crippen LogP contribution in [0.1, 0.15) is 123 Å². The van der Waals surface area contributed by atoms with E-state index >= 15 is 0 Å². The zero-order chi connectivity index (χ0) is 28.4. The molecule has 0 aromatic heterocycles. The quantitative estimate of drug-likeness (QED) is 0.0459.